The molecule has 0 unspecified atom stereocenters. The van der Waals surface area contributed by atoms with Gasteiger partial charge in [-0.1, -0.05) is 45.0 Å². The molecule has 5 heteroatoms. The highest BCUT2D eigenvalue weighted by atomic mass is 79.9. The van der Waals surface area contributed by atoms with Crippen LogP contribution in [0, 0.1) is 0 Å². The Hall–Kier alpha value is -3.05. The Kier molecular flexibility index (Phi) is 5.39. The number of halogens is 1. The molecular formula is C25H22BrN3O. The predicted molar refractivity (Wildman–Crippen MR) is 127 cm³/mol. The van der Waals surface area contributed by atoms with Crippen LogP contribution in [0.2, 0.25) is 0 Å². The van der Waals surface area contributed by atoms with Crippen molar-refractivity contribution in [1.82, 2.24) is 14.5 Å². The molecular weight excluding hydrogens is 438 g/mol. The number of pyridine rings is 1. The molecule has 0 fully saturated rings. The van der Waals surface area contributed by atoms with Crippen LogP contribution in [0.1, 0.15) is 37.7 Å². The van der Waals surface area contributed by atoms with Crippen molar-refractivity contribution in [3.63, 3.8) is 0 Å². The zero-order valence-corrected chi connectivity index (χ0v) is 18.7. The lowest BCUT2D eigenvalue weighted by Crippen LogP contribution is -2.22. The fraction of sp³-hybridized carbons (Fsp3) is 0.160. The van der Waals surface area contributed by atoms with E-state index in [2.05, 4.69) is 53.8 Å². The number of benzene rings is 2. The van der Waals surface area contributed by atoms with E-state index in [0.29, 0.717) is 16.7 Å². The van der Waals surface area contributed by atoms with E-state index in [0.717, 1.165) is 15.7 Å². The Bertz CT molecular complexity index is 1300. The van der Waals surface area contributed by atoms with Crippen molar-refractivity contribution >= 4 is 39.0 Å². The van der Waals surface area contributed by atoms with Crippen LogP contribution in [-0.4, -0.2) is 14.5 Å². The second kappa shape index (κ2) is 8.00. The minimum atomic E-state index is -0.0869. The standard InChI is InChI=1S/C25H22BrN3O/c1-25(2,3)18-9-11-20(12-10-18)29-23(13-8-17-14-19(26)16-27-15-17)28-22-7-5-4-6-21(22)24(29)30/h4-16H,1-3H3/b13-8+. The number of para-hydroxylation sites is 1. The lowest BCUT2D eigenvalue weighted by atomic mass is 9.87. The average Bonchev–Trinajstić information content (AvgIpc) is 2.72. The SMILES string of the molecule is CC(C)(C)c1ccc(-n2c(/C=C/c3cncc(Br)c3)nc3ccccc3c2=O)cc1. The third-order valence-corrected chi connectivity index (χ3v) is 5.38. The van der Waals surface area contributed by atoms with E-state index in [1.807, 2.05) is 54.6 Å². The number of nitrogens with zero attached hydrogens (tertiary/aromatic N) is 3. The summed E-state index contributed by atoms with van der Waals surface area (Å²) in [6, 6.07) is 17.5. The highest BCUT2D eigenvalue weighted by Crippen LogP contribution is 2.24. The van der Waals surface area contributed by atoms with E-state index >= 15 is 0 Å². The van der Waals surface area contributed by atoms with Gasteiger partial charge in [0.15, 0.2) is 0 Å². The lowest BCUT2D eigenvalue weighted by Gasteiger charge is -2.19. The summed E-state index contributed by atoms with van der Waals surface area (Å²) in [6.07, 6.45) is 7.27. The number of hydrogen-bond acceptors (Lipinski definition) is 3. The van der Waals surface area contributed by atoms with E-state index in [9.17, 15) is 4.79 Å². The maximum atomic E-state index is 13.4. The van der Waals surface area contributed by atoms with Gasteiger partial charge < -0.3 is 0 Å². The van der Waals surface area contributed by atoms with Crippen LogP contribution in [0.3, 0.4) is 0 Å². The van der Waals surface area contributed by atoms with Crippen molar-refractivity contribution in [2.24, 2.45) is 0 Å². The summed E-state index contributed by atoms with van der Waals surface area (Å²) in [5.74, 6) is 0.571. The van der Waals surface area contributed by atoms with Gasteiger partial charge in [0.2, 0.25) is 0 Å². The third-order valence-electron chi connectivity index (χ3n) is 4.94. The van der Waals surface area contributed by atoms with Crippen LogP contribution in [0.4, 0.5) is 0 Å². The molecule has 0 N–H and O–H groups in total. The second-order valence-electron chi connectivity index (χ2n) is 8.19. The first-order chi connectivity index (χ1) is 14.3. The van der Waals surface area contributed by atoms with Crippen molar-refractivity contribution in [3.8, 4) is 5.69 Å². The van der Waals surface area contributed by atoms with Crippen LogP contribution >= 0.6 is 15.9 Å². The van der Waals surface area contributed by atoms with Gasteiger partial charge in [-0.05, 0) is 75.0 Å². The molecule has 0 radical (unpaired) electrons. The summed E-state index contributed by atoms with van der Waals surface area (Å²) < 4.78 is 2.56. The molecule has 0 aliphatic heterocycles. The lowest BCUT2D eigenvalue weighted by molar-refractivity contribution is 0.590. The van der Waals surface area contributed by atoms with Crippen molar-refractivity contribution in [2.75, 3.05) is 0 Å². The van der Waals surface area contributed by atoms with E-state index in [1.54, 1.807) is 17.0 Å². The van der Waals surface area contributed by atoms with Gasteiger partial charge in [-0.3, -0.25) is 14.3 Å². The number of hydrogen-bond donors (Lipinski definition) is 0. The predicted octanol–water partition coefficient (Wildman–Crippen LogP) is 6.01. The average molecular weight is 460 g/mol. The van der Waals surface area contributed by atoms with Crippen LogP contribution < -0.4 is 5.56 Å². The summed E-state index contributed by atoms with van der Waals surface area (Å²) in [7, 11) is 0. The van der Waals surface area contributed by atoms with Gasteiger partial charge in [-0.25, -0.2) is 4.98 Å². The summed E-state index contributed by atoms with van der Waals surface area (Å²) in [5, 5.41) is 0.596. The van der Waals surface area contributed by atoms with E-state index < -0.39 is 0 Å². The molecule has 0 saturated heterocycles. The fourth-order valence-corrected chi connectivity index (χ4v) is 3.69. The molecule has 150 valence electrons. The largest absolute Gasteiger partial charge is 0.268 e. The second-order valence-corrected chi connectivity index (χ2v) is 9.11. The number of fused-ring (bicyclic) bond motifs is 1. The molecule has 0 amide bonds. The van der Waals surface area contributed by atoms with Gasteiger partial charge in [0.1, 0.15) is 5.82 Å². The Morgan fingerprint density at radius 3 is 2.40 bits per heavy atom. The Morgan fingerprint density at radius 2 is 1.70 bits per heavy atom. The monoisotopic (exact) mass is 459 g/mol. The minimum absolute atomic E-state index is 0.0432. The molecule has 2 aromatic carbocycles. The summed E-state index contributed by atoms with van der Waals surface area (Å²) in [6.45, 7) is 6.52. The van der Waals surface area contributed by atoms with Crippen LogP contribution in [0.5, 0.6) is 0 Å². The molecule has 30 heavy (non-hydrogen) atoms. The molecule has 4 rings (SSSR count). The molecule has 0 spiro atoms. The van der Waals surface area contributed by atoms with E-state index in [-0.39, 0.29) is 11.0 Å². The first kappa shape index (κ1) is 20.2. The first-order valence-electron chi connectivity index (χ1n) is 9.74. The minimum Gasteiger partial charge on any atom is -0.268 e. The third kappa shape index (κ3) is 4.12. The highest BCUT2D eigenvalue weighted by Gasteiger charge is 2.15. The molecule has 0 aliphatic carbocycles. The van der Waals surface area contributed by atoms with Crippen molar-refractivity contribution < 1.29 is 0 Å². The molecule has 0 aliphatic rings. The highest BCUT2D eigenvalue weighted by molar-refractivity contribution is 9.10. The maximum Gasteiger partial charge on any atom is 0.266 e. The number of aromatic nitrogens is 3. The van der Waals surface area contributed by atoms with Crippen LogP contribution in [-0.2, 0) is 5.41 Å². The first-order valence-corrected chi connectivity index (χ1v) is 10.5. The topological polar surface area (TPSA) is 47.8 Å². The normalized spacial score (nSPS) is 12.0. The summed E-state index contributed by atoms with van der Waals surface area (Å²) >= 11 is 3.44. The zero-order valence-electron chi connectivity index (χ0n) is 17.1. The van der Waals surface area contributed by atoms with Crippen LogP contribution in [0.15, 0.2) is 76.3 Å². The molecule has 0 saturated carbocycles. The Balaban J connectivity index is 1.89. The van der Waals surface area contributed by atoms with E-state index in [1.165, 1.54) is 5.56 Å². The van der Waals surface area contributed by atoms with Gasteiger partial charge >= 0.3 is 0 Å². The number of rotatable bonds is 3. The van der Waals surface area contributed by atoms with Gasteiger partial charge in [-0.2, -0.15) is 0 Å². The molecule has 4 aromatic rings. The molecule has 4 nitrogen and oxygen atoms in total. The molecule has 0 atom stereocenters. The maximum absolute atomic E-state index is 13.4. The van der Waals surface area contributed by atoms with Crippen molar-refractivity contribution in [2.45, 2.75) is 26.2 Å². The van der Waals surface area contributed by atoms with Gasteiger partial charge in [0, 0.05) is 16.9 Å². The molecule has 0 bridgehead atoms. The van der Waals surface area contributed by atoms with Crippen molar-refractivity contribution in [3.05, 3.63) is 98.8 Å². The quantitative estimate of drug-likeness (QED) is 0.376. The van der Waals surface area contributed by atoms with Gasteiger partial charge in [0.05, 0.1) is 16.6 Å². The van der Waals surface area contributed by atoms with Gasteiger partial charge in [-0.15, -0.1) is 0 Å². The Morgan fingerprint density at radius 1 is 0.967 bits per heavy atom. The van der Waals surface area contributed by atoms with Crippen LogP contribution in [0.25, 0.3) is 28.7 Å². The summed E-state index contributed by atoms with van der Waals surface area (Å²) in [5.41, 5.74) is 3.56. The molecule has 2 heterocycles. The zero-order chi connectivity index (χ0) is 21.3. The summed E-state index contributed by atoms with van der Waals surface area (Å²) in [4.78, 5) is 22.3. The fourth-order valence-electron chi connectivity index (χ4n) is 3.31. The van der Waals surface area contributed by atoms with E-state index in [4.69, 9.17) is 4.98 Å². The molecule has 2 aromatic heterocycles. The van der Waals surface area contributed by atoms with Gasteiger partial charge in [0.25, 0.3) is 5.56 Å². The van der Waals surface area contributed by atoms with Crippen molar-refractivity contribution in [1.29, 1.82) is 0 Å². The smallest absolute Gasteiger partial charge is 0.266 e. The Labute approximate surface area is 184 Å².